The molecule has 2 N–H and O–H groups in total. The van der Waals surface area contributed by atoms with Gasteiger partial charge >= 0.3 is 0 Å². The maximum atomic E-state index is 13.1. The van der Waals surface area contributed by atoms with Gasteiger partial charge in [0, 0.05) is 13.2 Å². The summed E-state index contributed by atoms with van der Waals surface area (Å²) in [6.07, 6.45) is 5.55. The van der Waals surface area contributed by atoms with E-state index in [1.165, 1.54) is 19.3 Å². The van der Waals surface area contributed by atoms with Crippen molar-refractivity contribution in [2.75, 3.05) is 19.7 Å². The van der Waals surface area contributed by atoms with E-state index in [9.17, 15) is 4.79 Å². The first-order chi connectivity index (χ1) is 11.3. The van der Waals surface area contributed by atoms with Crippen LogP contribution in [0.2, 0.25) is 0 Å². The molecule has 0 radical (unpaired) electrons. The summed E-state index contributed by atoms with van der Waals surface area (Å²) in [7, 11) is 0. The van der Waals surface area contributed by atoms with E-state index >= 15 is 0 Å². The largest absolute Gasteiger partial charge is 0.371 e. The minimum absolute atomic E-state index is 0.00653. The number of hydrogen-bond acceptors (Lipinski definition) is 3. The van der Waals surface area contributed by atoms with E-state index < -0.39 is 0 Å². The second kappa shape index (κ2) is 6.25. The van der Waals surface area contributed by atoms with Crippen LogP contribution in [0.1, 0.15) is 43.8 Å². The molecule has 124 valence electrons. The highest BCUT2D eigenvalue weighted by Crippen LogP contribution is 2.44. The van der Waals surface area contributed by atoms with Gasteiger partial charge in [-0.25, -0.2) is 0 Å². The molecule has 4 rings (SSSR count). The van der Waals surface area contributed by atoms with Crippen molar-refractivity contribution < 1.29 is 9.53 Å². The molecule has 1 aromatic carbocycles. The highest BCUT2D eigenvalue weighted by atomic mass is 16.5. The molecule has 1 amide bonds. The van der Waals surface area contributed by atoms with Crippen molar-refractivity contribution in [3.8, 4) is 0 Å². The first-order valence-electron chi connectivity index (χ1n) is 8.98. The summed E-state index contributed by atoms with van der Waals surface area (Å²) < 4.78 is 5.92. The van der Waals surface area contributed by atoms with Crippen LogP contribution in [0.4, 0.5) is 0 Å². The van der Waals surface area contributed by atoms with E-state index in [1.807, 2.05) is 18.2 Å². The van der Waals surface area contributed by atoms with Crippen LogP contribution in [-0.2, 0) is 9.53 Å². The summed E-state index contributed by atoms with van der Waals surface area (Å²) in [6.45, 7) is 2.56. The Balaban J connectivity index is 1.49. The molecule has 1 saturated carbocycles. The number of hydrogen-bond donors (Lipinski definition) is 2. The number of rotatable bonds is 3. The maximum absolute atomic E-state index is 13.1. The molecule has 4 atom stereocenters. The maximum Gasteiger partial charge on any atom is 0.228 e. The van der Waals surface area contributed by atoms with Crippen molar-refractivity contribution in [1.29, 1.82) is 0 Å². The fourth-order valence-electron chi connectivity index (χ4n) is 4.71. The third-order valence-electron chi connectivity index (χ3n) is 6.03. The third kappa shape index (κ3) is 2.68. The van der Waals surface area contributed by atoms with Crippen molar-refractivity contribution in [2.45, 2.75) is 44.2 Å². The molecule has 23 heavy (non-hydrogen) atoms. The van der Waals surface area contributed by atoms with Crippen LogP contribution >= 0.6 is 0 Å². The predicted molar refractivity (Wildman–Crippen MR) is 88.9 cm³/mol. The van der Waals surface area contributed by atoms with E-state index in [0.717, 1.165) is 38.1 Å². The molecule has 1 aromatic rings. The number of carbonyl (C=O) groups is 1. The molecule has 0 spiro atoms. The summed E-state index contributed by atoms with van der Waals surface area (Å²) in [5, 5.41) is 6.82. The van der Waals surface area contributed by atoms with E-state index in [4.69, 9.17) is 4.74 Å². The fraction of sp³-hybridized carbons (Fsp3) is 0.632. The zero-order chi connectivity index (χ0) is 15.7. The van der Waals surface area contributed by atoms with E-state index in [-0.39, 0.29) is 23.5 Å². The lowest BCUT2D eigenvalue weighted by molar-refractivity contribution is -0.135. The lowest BCUT2D eigenvalue weighted by Gasteiger charge is -2.38. The first-order valence-corrected chi connectivity index (χ1v) is 8.98. The minimum Gasteiger partial charge on any atom is -0.371 e. The van der Waals surface area contributed by atoms with Gasteiger partial charge in [-0.2, -0.15) is 0 Å². The highest BCUT2D eigenvalue weighted by molar-refractivity contribution is 5.84. The normalized spacial score (nSPS) is 36.6. The summed E-state index contributed by atoms with van der Waals surface area (Å²) >= 11 is 0. The van der Waals surface area contributed by atoms with Crippen LogP contribution in [0.25, 0.3) is 0 Å². The molecule has 4 nitrogen and oxygen atoms in total. The third-order valence-corrected chi connectivity index (χ3v) is 6.03. The molecule has 3 fully saturated rings. The van der Waals surface area contributed by atoms with Gasteiger partial charge in [-0.15, -0.1) is 0 Å². The van der Waals surface area contributed by atoms with Gasteiger partial charge in [0.25, 0.3) is 0 Å². The minimum atomic E-state index is -0.178. The molecule has 3 aliphatic rings. The van der Waals surface area contributed by atoms with Crippen molar-refractivity contribution in [1.82, 2.24) is 10.6 Å². The van der Waals surface area contributed by atoms with Crippen LogP contribution in [-0.4, -0.2) is 31.6 Å². The summed E-state index contributed by atoms with van der Waals surface area (Å²) in [6, 6.07) is 10.4. The van der Waals surface area contributed by atoms with Gasteiger partial charge in [0.2, 0.25) is 5.91 Å². The Bertz CT molecular complexity index is 562. The van der Waals surface area contributed by atoms with Crippen molar-refractivity contribution in [2.24, 2.45) is 11.3 Å². The zero-order valence-corrected chi connectivity index (χ0v) is 13.6. The predicted octanol–water partition coefficient (Wildman–Crippen LogP) is 2.41. The zero-order valence-electron chi connectivity index (χ0n) is 13.6. The van der Waals surface area contributed by atoms with Gasteiger partial charge < -0.3 is 15.4 Å². The molecule has 2 heterocycles. The van der Waals surface area contributed by atoms with Gasteiger partial charge in [0.15, 0.2) is 0 Å². The van der Waals surface area contributed by atoms with E-state index in [2.05, 4.69) is 22.8 Å². The lowest BCUT2D eigenvalue weighted by Crippen LogP contribution is -2.51. The topological polar surface area (TPSA) is 50.4 Å². The number of fused-ring (bicyclic) bond motifs is 1. The molecule has 4 heteroatoms. The number of carbonyl (C=O) groups excluding carboxylic acids is 1. The number of ether oxygens (including phenoxy) is 1. The summed E-state index contributed by atoms with van der Waals surface area (Å²) in [5.41, 5.74) is 0.986. The second-order valence-electron chi connectivity index (χ2n) is 7.30. The van der Waals surface area contributed by atoms with Crippen LogP contribution in [0, 0.1) is 11.3 Å². The molecule has 2 unspecified atom stereocenters. The van der Waals surface area contributed by atoms with Gasteiger partial charge in [-0.3, -0.25) is 4.79 Å². The van der Waals surface area contributed by atoms with Crippen LogP contribution in [0.15, 0.2) is 30.3 Å². The smallest absolute Gasteiger partial charge is 0.228 e. The molecular formula is C19H26N2O2. The Morgan fingerprint density at radius 2 is 2.09 bits per heavy atom. The van der Waals surface area contributed by atoms with Crippen LogP contribution in [0.3, 0.4) is 0 Å². The first kappa shape index (κ1) is 15.2. The molecule has 0 bridgehead atoms. The number of amides is 1. The van der Waals surface area contributed by atoms with Crippen LogP contribution in [0.5, 0.6) is 0 Å². The van der Waals surface area contributed by atoms with Crippen molar-refractivity contribution in [3.63, 3.8) is 0 Å². The Morgan fingerprint density at radius 1 is 1.22 bits per heavy atom. The summed E-state index contributed by atoms with van der Waals surface area (Å²) in [5.74, 6) is 0.761. The molecular weight excluding hydrogens is 288 g/mol. The average molecular weight is 314 g/mol. The van der Waals surface area contributed by atoms with Crippen molar-refractivity contribution in [3.05, 3.63) is 35.9 Å². The average Bonchev–Trinajstić information content (AvgIpc) is 3.22. The van der Waals surface area contributed by atoms with E-state index in [1.54, 1.807) is 0 Å². The van der Waals surface area contributed by atoms with E-state index in [0.29, 0.717) is 5.92 Å². The Morgan fingerprint density at radius 3 is 2.96 bits per heavy atom. The highest BCUT2D eigenvalue weighted by Gasteiger charge is 2.50. The van der Waals surface area contributed by atoms with Gasteiger partial charge in [-0.1, -0.05) is 43.2 Å². The molecule has 2 saturated heterocycles. The van der Waals surface area contributed by atoms with Crippen LogP contribution < -0.4 is 10.6 Å². The molecule has 1 aliphatic carbocycles. The Hall–Kier alpha value is -1.39. The fourth-order valence-corrected chi connectivity index (χ4v) is 4.71. The SMILES string of the molecule is O=C(NC1CCOC1c1ccccc1)[C@@]12CCCC[C@H]1CNC2. The molecule has 0 aromatic heterocycles. The quantitative estimate of drug-likeness (QED) is 0.901. The number of benzene rings is 1. The van der Waals surface area contributed by atoms with Gasteiger partial charge in [0.1, 0.15) is 6.10 Å². The Labute approximate surface area is 138 Å². The van der Waals surface area contributed by atoms with Crippen molar-refractivity contribution >= 4 is 5.91 Å². The lowest BCUT2D eigenvalue weighted by atomic mass is 9.67. The number of nitrogens with one attached hydrogen (secondary N) is 2. The summed E-state index contributed by atoms with van der Waals surface area (Å²) in [4.78, 5) is 13.1. The Kier molecular flexibility index (Phi) is 4.12. The second-order valence-corrected chi connectivity index (χ2v) is 7.30. The molecule has 2 aliphatic heterocycles. The van der Waals surface area contributed by atoms with Gasteiger partial charge in [-0.05, 0) is 37.3 Å². The monoisotopic (exact) mass is 314 g/mol. The standard InChI is InChI=1S/C19H26N2O2/c22-18(19-10-5-4-8-15(19)12-20-13-19)21-16-9-11-23-17(16)14-6-2-1-3-7-14/h1-3,6-7,15-17,20H,4-5,8-13H2,(H,21,22)/t15-,16?,17?,19+/m0/s1. The van der Waals surface area contributed by atoms with Gasteiger partial charge in [0.05, 0.1) is 11.5 Å².